The number of esters is 2. The fourth-order valence-electron chi connectivity index (χ4n) is 7.06. The molecule has 4 unspecified atom stereocenters. The highest BCUT2D eigenvalue weighted by atomic mass is 16.7. The Morgan fingerprint density at radius 2 is 0.984 bits per heavy atom. The summed E-state index contributed by atoms with van der Waals surface area (Å²) in [5.74, 6) is -0.971. The molecular weight excluding hydrogens is 829 g/mol. The van der Waals surface area contributed by atoms with Gasteiger partial charge in [-0.2, -0.15) is 0 Å². The molecule has 0 saturated carbocycles. The number of aliphatic hydroxyl groups is 7. The zero-order valence-electron chi connectivity index (χ0n) is 38.5. The summed E-state index contributed by atoms with van der Waals surface area (Å²) in [6.45, 7) is 2.39. The molecule has 0 aliphatic carbocycles. The van der Waals surface area contributed by atoms with E-state index in [-0.39, 0.29) is 19.4 Å². The Hall–Kier alpha value is -2.80. The minimum Gasteiger partial charge on any atom is -0.462 e. The van der Waals surface area contributed by atoms with Crippen molar-refractivity contribution in [2.75, 3.05) is 26.4 Å². The van der Waals surface area contributed by atoms with E-state index >= 15 is 0 Å². The molecule has 2 fully saturated rings. The first-order valence-corrected chi connectivity index (χ1v) is 23.9. The maximum absolute atomic E-state index is 12.9. The van der Waals surface area contributed by atoms with Crippen molar-refractivity contribution in [3.63, 3.8) is 0 Å². The molecule has 2 rings (SSSR count). The summed E-state index contributed by atoms with van der Waals surface area (Å²) in [6.07, 6.45) is 22.7. The summed E-state index contributed by atoms with van der Waals surface area (Å²) in [6, 6.07) is 0. The molecule has 2 saturated heterocycles. The molecule has 11 atom stereocenters. The van der Waals surface area contributed by atoms with E-state index in [0.717, 1.165) is 70.6 Å². The van der Waals surface area contributed by atoms with E-state index in [2.05, 4.69) is 74.6 Å². The number of aliphatic hydroxyl groups excluding tert-OH is 7. The third-order valence-corrected chi connectivity index (χ3v) is 11.0. The van der Waals surface area contributed by atoms with Gasteiger partial charge in [-0.3, -0.25) is 9.59 Å². The number of carbonyl (C=O) groups excluding carboxylic acids is 2. The largest absolute Gasteiger partial charge is 0.462 e. The molecule has 0 aromatic rings. The molecule has 2 heterocycles. The Labute approximate surface area is 381 Å². The zero-order chi connectivity index (χ0) is 46.8. The fraction of sp³-hybridized carbons (Fsp3) is 0.755. The standard InChI is InChI=1S/C49H82O15/c1-3-5-7-9-11-13-14-15-16-17-18-19-20-21-22-24-26-28-30-32-41(52)62-37(34-59-40(51)31-29-27-25-23-12-10-8-6-4-2)35-60-48-47(58)45(56)43(54)39(64-48)36-61-49-46(57)44(55)42(53)38(33-50)63-49/h5,7,11,13,15-16,18-19,21-22,37-39,42-50,53-58H,3-4,6,8-10,12,14,17,20,23-36H2,1-2H3/b7-5+,13-11+,16-15+,19-18+,22-21+/t37-,38+,39+,42-,43-,44?,45?,46?,47?,48+,49+/m1/s1. The number of ether oxygens (including phenoxy) is 6. The number of rotatable bonds is 35. The first-order chi connectivity index (χ1) is 31.0. The van der Waals surface area contributed by atoms with E-state index in [4.69, 9.17) is 28.4 Å². The molecule has 15 nitrogen and oxygen atoms in total. The van der Waals surface area contributed by atoms with E-state index < -0.39 is 99.3 Å². The van der Waals surface area contributed by atoms with Gasteiger partial charge in [0.25, 0.3) is 0 Å². The summed E-state index contributed by atoms with van der Waals surface area (Å²) in [5.41, 5.74) is 0. The van der Waals surface area contributed by atoms with E-state index in [1.165, 1.54) is 32.1 Å². The SMILES string of the molecule is CC/C=C/C/C=C/C/C=C/C/C=C/C/C=C/CCCCCC(=O)O[C@H](COC(=O)CCCCCCCCCCC)CO[C@H]1O[C@@H](CO[C@H]2O[C@@H](CO)[C@@H](O)C(O)C2O)[C@@H](O)C(O)C1O. The predicted octanol–water partition coefficient (Wildman–Crippen LogP) is 5.70. The van der Waals surface area contributed by atoms with Crippen molar-refractivity contribution < 1.29 is 73.8 Å². The van der Waals surface area contributed by atoms with Gasteiger partial charge in [-0.25, -0.2) is 0 Å². The Bertz CT molecular complexity index is 1350. The molecular formula is C49H82O15. The second-order valence-corrected chi connectivity index (χ2v) is 16.6. The number of hydrogen-bond acceptors (Lipinski definition) is 15. The molecule has 0 spiro atoms. The van der Waals surface area contributed by atoms with Crippen LogP contribution in [0.1, 0.15) is 142 Å². The van der Waals surface area contributed by atoms with Crippen LogP contribution >= 0.6 is 0 Å². The average Bonchev–Trinajstić information content (AvgIpc) is 3.29. The first-order valence-electron chi connectivity index (χ1n) is 23.9. The molecule has 64 heavy (non-hydrogen) atoms. The van der Waals surface area contributed by atoms with Crippen LogP contribution in [0.15, 0.2) is 60.8 Å². The third-order valence-electron chi connectivity index (χ3n) is 11.0. The molecule has 2 aliphatic rings. The lowest BCUT2D eigenvalue weighted by molar-refractivity contribution is -0.332. The van der Waals surface area contributed by atoms with Crippen molar-refractivity contribution >= 4 is 11.9 Å². The van der Waals surface area contributed by atoms with Crippen LogP contribution in [0.4, 0.5) is 0 Å². The van der Waals surface area contributed by atoms with Crippen LogP contribution in [0.2, 0.25) is 0 Å². The van der Waals surface area contributed by atoms with Gasteiger partial charge in [-0.15, -0.1) is 0 Å². The van der Waals surface area contributed by atoms with Crippen LogP contribution in [0, 0.1) is 0 Å². The van der Waals surface area contributed by atoms with Gasteiger partial charge in [0.1, 0.15) is 55.4 Å². The van der Waals surface area contributed by atoms with E-state index in [9.17, 15) is 45.3 Å². The highest BCUT2D eigenvalue weighted by molar-refractivity contribution is 5.70. The molecule has 2 aliphatic heterocycles. The van der Waals surface area contributed by atoms with Crippen LogP contribution in [0.25, 0.3) is 0 Å². The summed E-state index contributed by atoms with van der Waals surface area (Å²) in [5, 5.41) is 71.9. The highest BCUT2D eigenvalue weighted by Gasteiger charge is 2.47. The first kappa shape index (κ1) is 57.3. The van der Waals surface area contributed by atoms with E-state index in [0.29, 0.717) is 12.8 Å². The lowest BCUT2D eigenvalue weighted by Crippen LogP contribution is -2.61. The van der Waals surface area contributed by atoms with Gasteiger partial charge >= 0.3 is 11.9 Å². The Morgan fingerprint density at radius 1 is 0.516 bits per heavy atom. The monoisotopic (exact) mass is 911 g/mol. The third kappa shape index (κ3) is 24.6. The Kier molecular flexibility index (Phi) is 32.5. The molecule has 0 aromatic heterocycles. The van der Waals surface area contributed by atoms with Gasteiger partial charge in [-0.1, -0.05) is 132 Å². The maximum Gasteiger partial charge on any atom is 0.306 e. The van der Waals surface area contributed by atoms with Gasteiger partial charge in [0.2, 0.25) is 0 Å². The topological polar surface area (TPSA) is 231 Å². The fourth-order valence-corrected chi connectivity index (χ4v) is 7.06. The molecule has 0 amide bonds. The van der Waals surface area contributed by atoms with E-state index in [1.807, 2.05) is 0 Å². The van der Waals surface area contributed by atoms with Gasteiger partial charge in [0, 0.05) is 12.8 Å². The van der Waals surface area contributed by atoms with Crippen LogP contribution < -0.4 is 0 Å². The number of unbranched alkanes of at least 4 members (excludes halogenated alkanes) is 11. The smallest absolute Gasteiger partial charge is 0.306 e. The second-order valence-electron chi connectivity index (χ2n) is 16.6. The van der Waals surface area contributed by atoms with Gasteiger partial charge in [-0.05, 0) is 57.8 Å². The van der Waals surface area contributed by atoms with Crippen LogP contribution in [0.3, 0.4) is 0 Å². The predicted molar refractivity (Wildman–Crippen MR) is 243 cm³/mol. The Morgan fingerprint density at radius 3 is 1.55 bits per heavy atom. The van der Waals surface area contributed by atoms with E-state index in [1.54, 1.807) is 0 Å². The van der Waals surface area contributed by atoms with Crippen molar-refractivity contribution in [3.8, 4) is 0 Å². The zero-order valence-corrected chi connectivity index (χ0v) is 38.5. The minimum absolute atomic E-state index is 0.124. The molecule has 15 heteroatoms. The summed E-state index contributed by atoms with van der Waals surface area (Å²) in [7, 11) is 0. The lowest BCUT2D eigenvalue weighted by atomic mass is 9.98. The van der Waals surface area contributed by atoms with Crippen molar-refractivity contribution in [1.82, 2.24) is 0 Å². The average molecular weight is 911 g/mol. The number of carbonyl (C=O) groups is 2. The van der Waals surface area contributed by atoms with Crippen molar-refractivity contribution in [1.29, 1.82) is 0 Å². The quantitative estimate of drug-likeness (QED) is 0.0230. The highest BCUT2D eigenvalue weighted by Crippen LogP contribution is 2.26. The van der Waals surface area contributed by atoms with Crippen molar-refractivity contribution in [2.24, 2.45) is 0 Å². The minimum atomic E-state index is -1.77. The second kappa shape index (κ2) is 36.3. The lowest BCUT2D eigenvalue weighted by Gasteiger charge is -2.42. The molecule has 0 radical (unpaired) electrons. The molecule has 0 aromatic carbocycles. The van der Waals surface area contributed by atoms with Crippen molar-refractivity contribution in [2.45, 2.75) is 210 Å². The summed E-state index contributed by atoms with van der Waals surface area (Å²) in [4.78, 5) is 25.6. The summed E-state index contributed by atoms with van der Waals surface area (Å²) < 4.78 is 33.4. The number of allylic oxidation sites excluding steroid dienone is 10. The molecule has 0 bridgehead atoms. The Balaban J connectivity index is 1.84. The van der Waals surface area contributed by atoms with Crippen molar-refractivity contribution in [3.05, 3.63) is 60.8 Å². The number of hydrogen-bond donors (Lipinski definition) is 7. The maximum atomic E-state index is 12.9. The molecule has 368 valence electrons. The van der Waals surface area contributed by atoms with Gasteiger partial charge in [0.05, 0.1) is 19.8 Å². The van der Waals surface area contributed by atoms with Gasteiger partial charge in [0.15, 0.2) is 18.7 Å². The van der Waals surface area contributed by atoms with Crippen LogP contribution in [0.5, 0.6) is 0 Å². The normalized spacial score (nSPS) is 27.1. The van der Waals surface area contributed by atoms with Crippen LogP contribution in [-0.4, -0.2) is 142 Å². The molecule has 7 N–H and O–H groups in total. The summed E-state index contributed by atoms with van der Waals surface area (Å²) >= 11 is 0. The van der Waals surface area contributed by atoms with Gasteiger partial charge < -0.3 is 64.2 Å². The van der Waals surface area contributed by atoms with Crippen LogP contribution in [-0.2, 0) is 38.0 Å².